The Balaban J connectivity index is 1.85. The zero-order valence-electron chi connectivity index (χ0n) is 15.6. The summed E-state index contributed by atoms with van der Waals surface area (Å²) in [5.41, 5.74) is 4.66. The molecule has 0 saturated carbocycles. The van der Waals surface area contributed by atoms with Crippen LogP contribution in [0.5, 0.6) is 0 Å². The first kappa shape index (κ1) is 19.2. The number of rotatable bonds is 10. The van der Waals surface area contributed by atoms with Crippen LogP contribution in [0.15, 0.2) is 54.6 Å². The molecule has 0 unspecified atom stereocenters. The largest absolute Gasteiger partial charge is 0.294 e. The van der Waals surface area contributed by atoms with Gasteiger partial charge in [-0.1, -0.05) is 87.4 Å². The molecule has 0 aliphatic rings. The van der Waals surface area contributed by atoms with E-state index in [0.29, 0.717) is 6.42 Å². The van der Waals surface area contributed by atoms with Crippen LogP contribution in [0.4, 0.5) is 0 Å². The highest BCUT2D eigenvalue weighted by atomic mass is 16.1. The van der Waals surface area contributed by atoms with Gasteiger partial charge in [0.15, 0.2) is 5.78 Å². The molecule has 1 heteroatoms. The van der Waals surface area contributed by atoms with Crippen LogP contribution in [-0.4, -0.2) is 5.78 Å². The van der Waals surface area contributed by atoms with E-state index in [2.05, 4.69) is 50.2 Å². The highest BCUT2D eigenvalue weighted by Crippen LogP contribution is 2.12. The van der Waals surface area contributed by atoms with Crippen molar-refractivity contribution in [3.8, 4) is 0 Å². The van der Waals surface area contributed by atoms with E-state index in [9.17, 15) is 4.79 Å². The molecular weight excluding hydrogens is 304 g/mol. The topological polar surface area (TPSA) is 17.1 Å². The first-order valence-electron chi connectivity index (χ1n) is 9.60. The molecule has 0 aliphatic heterocycles. The second-order valence-corrected chi connectivity index (χ2v) is 6.68. The molecule has 0 aliphatic carbocycles. The molecule has 0 atom stereocenters. The molecule has 0 radical (unpaired) electrons. The molecule has 25 heavy (non-hydrogen) atoms. The summed E-state index contributed by atoms with van der Waals surface area (Å²) in [5, 5.41) is 0. The summed E-state index contributed by atoms with van der Waals surface area (Å²) >= 11 is 0. The maximum atomic E-state index is 12.3. The molecular formula is C24H30O. The molecule has 0 bridgehead atoms. The van der Waals surface area contributed by atoms with Gasteiger partial charge in [0.25, 0.3) is 0 Å². The summed E-state index contributed by atoms with van der Waals surface area (Å²) < 4.78 is 0. The Hall–Kier alpha value is -2.15. The van der Waals surface area contributed by atoms with E-state index in [1.54, 1.807) is 0 Å². The van der Waals surface area contributed by atoms with Gasteiger partial charge in [-0.2, -0.15) is 0 Å². The van der Waals surface area contributed by atoms with Gasteiger partial charge < -0.3 is 0 Å². The van der Waals surface area contributed by atoms with Crippen LogP contribution in [0.25, 0.3) is 6.08 Å². The average Bonchev–Trinajstić information content (AvgIpc) is 2.66. The number of ketones is 1. The fourth-order valence-corrected chi connectivity index (χ4v) is 2.83. The minimum absolute atomic E-state index is 0.179. The van der Waals surface area contributed by atoms with Gasteiger partial charge in [-0.3, -0.25) is 4.79 Å². The number of carbonyl (C=O) groups excluding carboxylic acids is 1. The summed E-state index contributed by atoms with van der Waals surface area (Å²) in [4.78, 5) is 12.3. The molecule has 0 saturated heterocycles. The number of unbranched alkanes of at least 4 members (excludes halogenated alkanes) is 2. The van der Waals surface area contributed by atoms with E-state index in [4.69, 9.17) is 0 Å². The molecule has 2 aromatic carbocycles. The van der Waals surface area contributed by atoms with E-state index in [0.717, 1.165) is 24.0 Å². The molecule has 0 spiro atoms. The number of Topliss-reactive ketones (excluding diaryl/α,β-unsaturated/α-hetero) is 1. The van der Waals surface area contributed by atoms with Crippen molar-refractivity contribution in [1.82, 2.24) is 0 Å². The fourth-order valence-electron chi connectivity index (χ4n) is 2.83. The number of carbonyl (C=O) groups is 1. The van der Waals surface area contributed by atoms with Crippen molar-refractivity contribution in [3.63, 3.8) is 0 Å². The monoisotopic (exact) mass is 334 g/mol. The third-order valence-corrected chi connectivity index (χ3v) is 4.51. The van der Waals surface area contributed by atoms with Crippen molar-refractivity contribution in [2.75, 3.05) is 0 Å². The lowest BCUT2D eigenvalue weighted by Crippen LogP contribution is -1.97. The number of hydrogen-bond acceptors (Lipinski definition) is 1. The van der Waals surface area contributed by atoms with Crippen LogP contribution >= 0.6 is 0 Å². The third-order valence-electron chi connectivity index (χ3n) is 4.51. The van der Waals surface area contributed by atoms with Crippen molar-refractivity contribution in [1.29, 1.82) is 0 Å². The Bertz CT molecular complexity index is 662. The fraction of sp³-hybridized carbons (Fsp3) is 0.375. The number of allylic oxidation sites excluding steroid dienone is 1. The van der Waals surface area contributed by atoms with Crippen LogP contribution < -0.4 is 0 Å². The predicted octanol–water partition coefficient (Wildman–Crippen LogP) is 6.66. The molecule has 0 amide bonds. The van der Waals surface area contributed by atoms with Crippen LogP contribution in [0.3, 0.4) is 0 Å². The molecule has 2 aromatic rings. The third kappa shape index (κ3) is 6.70. The second-order valence-electron chi connectivity index (χ2n) is 6.68. The van der Waals surface area contributed by atoms with Gasteiger partial charge in [-0.05, 0) is 42.4 Å². The minimum atomic E-state index is 0.179. The minimum Gasteiger partial charge on any atom is -0.294 e. The Morgan fingerprint density at radius 2 is 1.32 bits per heavy atom. The highest BCUT2D eigenvalue weighted by molar-refractivity contribution is 5.97. The molecule has 0 N–H and O–H groups in total. The summed E-state index contributed by atoms with van der Waals surface area (Å²) in [6.07, 6.45) is 11.6. The Morgan fingerprint density at radius 1 is 0.800 bits per heavy atom. The lowest BCUT2D eigenvalue weighted by molar-refractivity contribution is 0.0996. The Kier molecular flexibility index (Phi) is 8.18. The predicted molar refractivity (Wildman–Crippen MR) is 108 cm³/mol. The van der Waals surface area contributed by atoms with Crippen LogP contribution in [-0.2, 0) is 12.8 Å². The lowest BCUT2D eigenvalue weighted by Gasteiger charge is -2.02. The molecule has 132 valence electrons. The normalized spacial score (nSPS) is 11.1. The van der Waals surface area contributed by atoms with Gasteiger partial charge >= 0.3 is 0 Å². The number of benzene rings is 2. The standard InChI is InChI=1S/C24H30O/c1-3-5-8-20-12-14-22(15-13-20)10-7-11-24(25)23-18-16-21(17-19-23)9-6-4-2/h7,10,12-19H,3-6,8-9,11H2,1-2H3/b10-7+. The van der Waals surface area contributed by atoms with Crippen LogP contribution in [0, 0.1) is 0 Å². The van der Waals surface area contributed by atoms with Gasteiger partial charge in [0.1, 0.15) is 0 Å². The van der Waals surface area contributed by atoms with E-state index in [1.165, 1.54) is 36.8 Å². The van der Waals surface area contributed by atoms with Gasteiger partial charge in [0.2, 0.25) is 0 Å². The summed E-state index contributed by atoms with van der Waals surface area (Å²) in [6.45, 7) is 4.41. The smallest absolute Gasteiger partial charge is 0.166 e. The second kappa shape index (κ2) is 10.7. The van der Waals surface area contributed by atoms with E-state index < -0.39 is 0 Å². The Morgan fingerprint density at radius 3 is 1.84 bits per heavy atom. The van der Waals surface area contributed by atoms with Crippen LogP contribution in [0.2, 0.25) is 0 Å². The first-order valence-corrected chi connectivity index (χ1v) is 9.60. The van der Waals surface area contributed by atoms with Crippen molar-refractivity contribution in [3.05, 3.63) is 76.9 Å². The summed E-state index contributed by atoms with van der Waals surface area (Å²) in [7, 11) is 0. The Labute approximate surface area is 152 Å². The van der Waals surface area contributed by atoms with Crippen molar-refractivity contribution < 1.29 is 4.79 Å². The van der Waals surface area contributed by atoms with E-state index >= 15 is 0 Å². The summed E-state index contributed by atoms with van der Waals surface area (Å²) in [6, 6.07) is 16.7. The van der Waals surface area contributed by atoms with Gasteiger partial charge in [0, 0.05) is 12.0 Å². The molecule has 0 aromatic heterocycles. The average molecular weight is 335 g/mol. The van der Waals surface area contributed by atoms with Gasteiger partial charge in [-0.15, -0.1) is 0 Å². The molecule has 0 heterocycles. The van der Waals surface area contributed by atoms with Gasteiger partial charge in [-0.25, -0.2) is 0 Å². The molecule has 2 rings (SSSR count). The van der Waals surface area contributed by atoms with Gasteiger partial charge in [0.05, 0.1) is 0 Å². The van der Waals surface area contributed by atoms with E-state index in [1.807, 2.05) is 24.3 Å². The number of hydrogen-bond donors (Lipinski definition) is 0. The van der Waals surface area contributed by atoms with Crippen molar-refractivity contribution in [2.45, 2.75) is 58.8 Å². The SMILES string of the molecule is CCCCc1ccc(/C=C/CC(=O)c2ccc(CCCC)cc2)cc1. The maximum absolute atomic E-state index is 12.3. The molecule has 1 nitrogen and oxygen atoms in total. The number of aryl methyl sites for hydroxylation is 2. The highest BCUT2D eigenvalue weighted by Gasteiger charge is 2.03. The van der Waals surface area contributed by atoms with Crippen LogP contribution in [0.1, 0.15) is 73.0 Å². The molecule has 0 fully saturated rings. The lowest BCUT2D eigenvalue weighted by atomic mass is 10.0. The van der Waals surface area contributed by atoms with Crippen molar-refractivity contribution in [2.24, 2.45) is 0 Å². The first-order chi connectivity index (χ1) is 12.2. The maximum Gasteiger partial charge on any atom is 0.166 e. The quantitative estimate of drug-likeness (QED) is 0.444. The van der Waals surface area contributed by atoms with E-state index in [-0.39, 0.29) is 5.78 Å². The zero-order valence-corrected chi connectivity index (χ0v) is 15.6. The zero-order chi connectivity index (χ0) is 17.9. The van der Waals surface area contributed by atoms with Crippen molar-refractivity contribution >= 4 is 11.9 Å². The summed E-state index contributed by atoms with van der Waals surface area (Å²) in [5.74, 6) is 0.179.